The second-order valence-corrected chi connectivity index (χ2v) is 3.36. The van der Waals surface area contributed by atoms with Crippen LogP contribution in [-0.2, 0) is 19.2 Å². The molecule has 0 unspecified atom stereocenters. The van der Waals surface area contributed by atoms with Crippen LogP contribution in [0.25, 0.3) is 0 Å². The van der Waals surface area contributed by atoms with Gasteiger partial charge in [-0.15, -0.1) is 0 Å². The summed E-state index contributed by atoms with van der Waals surface area (Å²) in [4.78, 5) is 0. The third-order valence-corrected chi connectivity index (χ3v) is 2.67. The van der Waals surface area contributed by atoms with Crippen molar-refractivity contribution in [1.82, 2.24) is 0 Å². The van der Waals surface area contributed by atoms with E-state index >= 15 is 0 Å². The van der Waals surface area contributed by atoms with Crippen molar-refractivity contribution in [2.45, 2.75) is 11.6 Å². The summed E-state index contributed by atoms with van der Waals surface area (Å²) in [5.74, 6) is 0. The summed E-state index contributed by atoms with van der Waals surface area (Å²) in [5, 5.41) is 2.32. The topological polar surface area (TPSA) is 0 Å². The van der Waals surface area contributed by atoms with Gasteiger partial charge in [-0.2, -0.15) is 0 Å². The minimum atomic E-state index is 0.292. The summed E-state index contributed by atoms with van der Waals surface area (Å²) >= 11 is 0.292. The Balaban J connectivity index is 2.45. The summed E-state index contributed by atoms with van der Waals surface area (Å²) < 4.78 is 1.68. The van der Waals surface area contributed by atoms with Crippen molar-refractivity contribution in [1.29, 1.82) is 0 Å². The molecule has 0 bridgehead atoms. The molecule has 1 rings (SSSR count). The summed E-state index contributed by atoms with van der Waals surface area (Å²) in [6.07, 6.45) is 7.88. The van der Waals surface area contributed by atoms with Crippen molar-refractivity contribution >= 4 is 0 Å². The maximum absolute atomic E-state index is 2.32. The van der Waals surface area contributed by atoms with E-state index in [0.717, 1.165) is 0 Å². The van der Waals surface area contributed by atoms with Gasteiger partial charge in [0, 0.05) is 0 Å². The Morgan fingerprint density at radius 3 is 2.86 bits per heavy atom. The predicted molar refractivity (Wildman–Crippen MR) is 27.7 cm³/mol. The first-order chi connectivity index (χ1) is 3.43. The van der Waals surface area contributed by atoms with E-state index < -0.39 is 0 Å². The summed E-state index contributed by atoms with van der Waals surface area (Å²) in [7, 11) is 0. The predicted octanol–water partition coefficient (Wildman–Crippen LogP) is 1.96. The van der Waals surface area contributed by atoms with Crippen LogP contribution >= 0.6 is 0 Å². The van der Waals surface area contributed by atoms with E-state index in [1.807, 2.05) is 0 Å². The molecule has 7 heavy (non-hydrogen) atoms. The molecule has 0 heterocycles. The molecule has 0 atom stereocenters. The molecule has 0 aliphatic heterocycles. The molecule has 1 aliphatic carbocycles. The van der Waals surface area contributed by atoms with Crippen molar-refractivity contribution in [2.75, 3.05) is 0 Å². The van der Waals surface area contributed by atoms with E-state index in [9.17, 15) is 0 Å². The van der Waals surface area contributed by atoms with E-state index in [2.05, 4.69) is 23.5 Å². The zero-order chi connectivity index (χ0) is 5.11. The fourth-order valence-electron chi connectivity index (χ4n) is 0.633. The Kier molecular flexibility index (Phi) is 1.90. The van der Waals surface area contributed by atoms with E-state index in [-0.39, 0.29) is 0 Å². The van der Waals surface area contributed by atoms with Crippen LogP contribution in [0.1, 0.15) is 6.42 Å². The van der Waals surface area contributed by atoms with Crippen molar-refractivity contribution in [3.05, 3.63) is 22.1 Å². The molecule has 0 aromatic carbocycles. The van der Waals surface area contributed by atoms with Crippen LogP contribution in [0.2, 0.25) is 5.23 Å². The number of rotatable bonds is 1. The molecular formula is C6H8Ti. The van der Waals surface area contributed by atoms with Crippen LogP contribution in [0.3, 0.4) is 0 Å². The van der Waals surface area contributed by atoms with Crippen LogP contribution in [0.15, 0.2) is 22.1 Å². The van der Waals surface area contributed by atoms with Crippen molar-refractivity contribution in [3.8, 4) is 0 Å². The van der Waals surface area contributed by atoms with Gasteiger partial charge in [0.05, 0.1) is 0 Å². The third kappa shape index (κ3) is 1.29. The Bertz CT molecular complexity index is 111. The third-order valence-electron chi connectivity index (χ3n) is 1.09. The molecule has 0 amide bonds. The Labute approximate surface area is 53.2 Å². The van der Waals surface area contributed by atoms with Gasteiger partial charge < -0.3 is 0 Å². The quantitative estimate of drug-likeness (QED) is 0.473. The monoisotopic (exact) mass is 128 g/mol. The standard InChI is InChI=1S/C5H5.CH3.Ti/c1-2-4-5-3-1;;/h1-3H,4H2;1H3;. The van der Waals surface area contributed by atoms with Gasteiger partial charge in [-0.3, -0.25) is 0 Å². The van der Waals surface area contributed by atoms with Gasteiger partial charge in [-0.05, 0) is 0 Å². The van der Waals surface area contributed by atoms with E-state index in [1.165, 1.54) is 6.42 Å². The molecule has 0 aromatic heterocycles. The summed E-state index contributed by atoms with van der Waals surface area (Å²) in [6.45, 7) is 0. The molecule has 0 spiro atoms. The SMILES string of the molecule is [CH3][Ti][C]1=CC=CC1. The van der Waals surface area contributed by atoms with Gasteiger partial charge in [0.2, 0.25) is 0 Å². The van der Waals surface area contributed by atoms with Crippen LogP contribution in [-0.4, -0.2) is 0 Å². The molecule has 0 saturated heterocycles. The fourth-order valence-corrected chi connectivity index (χ4v) is 1.55. The second-order valence-electron chi connectivity index (χ2n) is 1.57. The molecule has 36 valence electrons. The fraction of sp³-hybridized carbons (Fsp3) is 0.333. The van der Waals surface area contributed by atoms with E-state index in [4.69, 9.17) is 0 Å². The summed E-state index contributed by atoms with van der Waals surface area (Å²) in [6, 6.07) is 0. The molecule has 0 aromatic rings. The van der Waals surface area contributed by atoms with Gasteiger partial charge in [0.25, 0.3) is 0 Å². The van der Waals surface area contributed by atoms with Gasteiger partial charge in [-0.1, -0.05) is 0 Å². The zero-order valence-electron chi connectivity index (χ0n) is 4.44. The molecule has 0 N–H and O–H groups in total. The molecule has 1 heteroatoms. The average molecular weight is 128 g/mol. The first kappa shape index (κ1) is 5.33. The second kappa shape index (κ2) is 2.49. The van der Waals surface area contributed by atoms with Crippen molar-refractivity contribution < 1.29 is 19.2 Å². The minimum absolute atomic E-state index is 0.292. The molecule has 0 radical (unpaired) electrons. The molecule has 1 aliphatic rings. The first-order valence-corrected chi connectivity index (χ1v) is 4.81. The average Bonchev–Trinajstić information content (AvgIpc) is 2.14. The maximum atomic E-state index is 2.32. The molecule has 0 fully saturated rings. The molecular weight excluding hydrogens is 120 g/mol. The zero-order valence-corrected chi connectivity index (χ0v) is 6.00. The van der Waals surface area contributed by atoms with Gasteiger partial charge >= 0.3 is 52.9 Å². The van der Waals surface area contributed by atoms with Gasteiger partial charge in [0.1, 0.15) is 0 Å². The van der Waals surface area contributed by atoms with Crippen LogP contribution in [0, 0.1) is 0 Å². The first-order valence-electron chi connectivity index (χ1n) is 2.47. The van der Waals surface area contributed by atoms with Crippen molar-refractivity contribution in [2.24, 2.45) is 0 Å². The molecule has 0 nitrogen and oxygen atoms in total. The van der Waals surface area contributed by atoms with Crippen LogP contribution in [0.5, 0.6) is 0 Å². The van der Waals surface area contributed by atoms with E-state index in [0.29, 0.717) is 19.2 Å². The Morgan fingerprint density at radius 2 is 2.57 bits per heavy atom. The van der Waals surface area contributed by atoms with E-state index in [1.54, 1.807) is 3.88 Å². The van der Waals surface area contributed by atoms with Gasteiger partial charge in [-0.25, -0.2) is 0 Å². The Morgan fingerprint density at radius 1 is 1.71 bits per heavy atom. The van der Waals surface area contributed by atoms with Crippen molar-refractivity contribution in [3.63, 3.8) is 0 Å². The van der Waals surface area contributed by atoms with Crippen LogP contribution < -0.4 is 0 Å². The van der Waals surface area contributed by atoms with Crippen LogP contribution in [0.4, 0.5) is 0 Å². The summed E-state index contributed by atoms with van der Waals surface area (Å²) in [5.41, 5.74) is 0. The number of hydrogen-bond donors (Lipinski definition) is 0. The normalized spacial score (nSPS) is 17.0. The number of hydrogen-bond acceptors (Lipinski definition) is 0. The Hall–Kier alpha value is 0.194. The molecule has 0 saturated carbocycles. The van der Waals surface area contributed by atoms with Gasteiger partial charge in [0.15, 0.2) is 0 Å². The number of allylic oxidation sites excluding steroid dienone is 4.